The molecule has 1 rings (SSSR count). The van der Waals surface area contributed by atoms with Crippen LogP contribution in [0.2, 0.25) is 0 Å². The lowest BCUT2D eigenvalue weighted by Gasteiger charge is -2.35. The predicted molar refractivity (Wildman–Crippen MR) is 53.2 cm³/mol. The molecule has 0 saturated carbocycles. The molecule has 0 amide bonds. The van der Waals surface area contributed by atoms with Crippen LogP contribution in [0.5, 0.6) is 0 Å². The molecule has 0 aromatic heterocycles. The molecular formula is C11H10F6O2. The molecule has 0 radical (unpaired) electrons. The first-order valence-corrected chi connectivity index (χ1v) is 5.01. The number of aliphatic hydroxyl groups is 2. The first-order valence-electron chi connectivity index (χ1n) is 5.01. The summed E-state index contributed by atoms with van der Waals surface area (Å²) in [7, 11) is 0. The number of aliphatic hydroxyl groups excluding tert-OH is 1. The van der Waals surface area contributed by atoms with E-state index in [1.807, 2.05) is 0 Å². The van der Waals surface area contributed by atoms with E-state index in [2.05, 4.69) is 0 Å². The highest BCUT2D eigenvalue weighted by molar-refractivity contribution is 5.29. The molecule has 0 saturated heterocycles. The van der Waals surface area contributed by atoms with Gasteiger partial charge in [-0.1, -0.05) is 29.8 Å². The Balaban J connectivity index is 3.41. The molecule has 1 aromatic rings. The molecule has 108 valence electrons. The minimum atomic E-state index is -5.68. The minimum Gasteiger partial charge on any atom is -0.381 e. The summed E-state index contributed by atoms with van der Waals surface area (Å²) in [6, 6.07) is 3.60. The largest absolute Gasteiger partial charge is 0.424 e. The Morgan fingerprint density at radius 2 is 1.37 bits per heavy atom. The molecular weight excluding hydrogens is 278 g/mol. The van der Waals surface area contributed by atoms with E-state index in [0.717, 1.165) is 12.1 Å². The van der Waals surface area contributed by atoms with E-state index in [0.29, 0.717) is 17.7 Å². The second-order valence-electron chi connectivity index (χ2n) is 4.07. The summed E-state index contributed by atoms with van der Waals surface area (Å²) in [6.07, 6.45) is -15.3. The third kappa shape index (κ3) is 2.84. The van der Waals surface area contributed by atoms with Gasteiger partial charge in [-0.3, -0.25) is 0 Å². The van der Waals surface area contributed by atoms with Gasteiger partial charge in [-0.2, -0.15) is 26.3 Å². The molecule has 2 unspecified atom stereocenters. The van der Waals surface area contributed by atoms with Crippen molar-refractivity contribution in [3.8, 4) is 0 Å². The van der Waals surface area contributed by atoms with Gasteiger partial charge in [0.25, 0.3) is 0 Å². The third-order valence-electron chi connectivity index (χ3n) is 2.63. The van der Waals surface area contributed by atoms with E-state index in [1.54, 1.807) is 0 Å². The minimum absolute atomic E-state index is 0.495. The average Bonchev–Trinajstić information content (AvgIpc) is 2.25. The Hall–Kier alpha value is -1.28. The Labute approximate surface area is 104 Å². The molecule has 19 heavy (non-hydrogen) atoms. The van der Waals surface area contributed by atoms with Crippen molar-refractivity contribution >= 4 is 0 Å². The summed E-state index contributed by atoms with van der Waals surface area (Å²) < 4.78 is 75.3. The fourth-order valence-electron chi connectivity index (χ4n) is 1.52. The fraction of sp³-hybridized carbons (Fsp3) is 0.455. The molecule has 2 nitrogen and oxygen atoms in total. The summed E-state index contributed by atoms with van der Waals surface area (Å²) in [5.74, 6) is 0. The second kappa shape index (κ2) is 4.68. The van der Waals surface area contributed by atoms with E-state index >= 15 is 0 Å². The Morgan fingerprint density at radius 3 is 1.68 bits per heavy atom. The van der Waals surface area contributed by atoms with E-state index in [4.69, 9.17) is 5.11 Å². The zero-order valence-electron chi connectivity index (χ0n) is 9.55. The van der Waals surface area contributed by atoms with Crippen molar-refractivity contribution in [1.29, 1.82) is 0 Å². The molecule has 0 spiro atoms. The van der Waals surface area contributed by atoms with Crippen LogP contribution in [0.15, 0.2) is 24.3 Å². The first kappa shape index (κ1) is 15.8. The van der Waals surface area contributed by atoms with Gasteiger partial charge in [0.15, 0.2) is 6.10 Å². The van der Waals surface area contributed by atoms with Gasteiger partial charge in [-0.05, 0) is 12.5 Å². The zero-order valence-corrected chi connectivity index (χ0v) is 9.55. The molecule has 0 aliphatic heterocycles. The highest BCUT2D eigenvalue weighted by Crippen LogP contribution is 2.46. The van der Waals surface area contributed by atoms with Crippen molar-refractivity contribution in [2.75, 3.05) is 0 Å². The smallest absolute Gasteiger partial charge is 0.381 e. The maximum atomic E-state index is 12.8. The maximum absolute atomic E-state index is 12.8. The highest BCUT2D eigenvalue weighted by Gasteiger charge is 2.66. The van der Waals surface area contributed by atoms with E-state index in [9.17, 15) is 31.4 Å². The molecule has 0 aliphatic carbocycles. The number of rotatable bonds is 2. The Kier molecular flexibility index (Phi) is 3.88. The van der Waals surface area contributed by atoms with Crippen molar-refractivity contribution in [1.82, 2.24) is 0 Å². The van der Waals surface area contributed by atoms with E-state index < -0.39 is 29.6 Å². The fourth-order valence-corrected chi connectivity index (χ4v) is 1.52. The Morgan fingerprint density at radius 1 is 0.947 bits per heavy atom. The lowest BCUT2D eigenvalue weighted by Crippen LogP contribution is -2.57. The molecule has 2 atom stereocenters. The quantitative estimate of drug-likeness (QED) is 0.821. The van der Waals surface area contributed by atoms with Gasteiger partial charge >= 0.3 is 12.4 Å². The molecule has 2 N–H and O–H groups in total. The second-order valence-corrected chi connectivity index (χ2v) is 4.07. The summed E-state index contributed by atoms with van der Waals surface area (Å²) in [6.45, 7) is 1.51. The maximum Gasteiger partial charge on any atom is 0.424 e. The van der Waals surface area contributed by atoms with Gasteiger partial charge in [0, 0.05) is 0 Å². The SMILES string of the molecule is Cc1ccc(C(O)(C(O)C(F)(F)F)C(F)(F)F)cc1. The van der Waals surface area contributed by atoms with Crippen LogP contribution in [0.1, 0.15) is 11.1 Å². The monoisotopic (exact) mass is 288 g/mol. The van der Waals surface area contributed by atoms with Gasteiger partial charge in [-0.25, -0.2) is 0 Å². The number of aryl methyl sites for hydroxylation is 1. The number of benzene rings is 1. The molecule has 1 aromatic carbocycles. The van der Waals surface area contributed by atoms with Gasteiger partial charge in [0.1, 0.15) is 0 Å². The molecule has 0 heterocycles. The normalized spacial score (nSPS) is 17.9. The molecule has 0 bridgehead atoms. The number of hydrogen-bond acceptors (Lipinski definition) is 2. The predicted octanol–water partition coefficient (Wildman–Crippen LogP) is 2.67. The van der Waals surface area contributed by atoms with E-state index in [-0.39, 0.29) is 0 Å². The van der Waals surface area contributed by atoms with Crippen LogP contribution >= 0.6 is 0 Å². The molecule has 8 heteroatoms. The average molecular weight is 288 g/mol. The van der Waals surface area contributed by atoms with Crippen LogP contribution in [0, 0.1) is 6.92 Å². The summed E-state index contributed by atoms with van der Waals surface area (Å²) in [5.41, 5.74) is -4.98. The highest BCUT2D eigenvalue weighted by atomic mass is 19.4. The van der Waals surface area contributed by atoms with Crippen LogP contribution < -0.4 is 0 Å². The van der Waals surface area contributed by atoms with Crippen molar-refractivity contribution in [2.45, 2.75) is 31.0 Å². The molecule has 0 aliphatic rings. The lowest BCUT2D eigenvalue weighted by atomic mass is 9.86. The van der Waals surface area contributed by atoms with Gasteiger partial charge in [0.05, 0.1) is 0 Å². The number of alkyl halides is 6. The van der Waals surface area contributed by atoms with Crippen LogP contribution in [-0.2, 0) is 5.60 Å². The number of halogens is 6. The first-order chi connectivity index (χ1) is 8.40. The Bertz CT molecular complexity index is 436. The van der Waals surface area contributed by atoms with Crippen molar-refractivity contribution in [2.24, 2.45) is 0 Å². The van der Waals surface area contributed by atoms with Gasteiger partial charge in [-0.15, -0.1) is 0 Å². The lowest BCUT2D eigenvalue weighted by molar-refractivity contribution is -0.347. The van der Waals surface area contributed by atoms with Gasteiger partial charge in [0.2, 0.25) is 5.60 Å². The van der Waals surface area contributed by atoms with Crippen LogP contribution in [0.3, 0.4) is 0 Å². The van der Waals surface area contributed by atoms with Gasteiger partial charge < -0.3 is 10.2 Å². The van der Waals surface area contributed by atoms with Crippen LogP contribution in [0.4, 0.5) is 26.3 Å². The summed E-state index contributed by atoms with van der Waals surface area (Å²) in [5, 5.41) is 18.3. The standard InChI is InChI=1S/C11H10F6O2/c1-6-2-4-7(5-3-6)9(19,11(15,16)17)8(18)10(12,13)14/h2-5,8,18-19H,1H3. The summed E-state index contributed by atoms with van der Waals surface area (Å²) >= 11 is 0. The van der Waals surface area contributed by atoms with Crippen molar-refractivity contribution in [3.05, 3.63) is 35.4 Å². The number of hydrogen-bond donors (Lipinski definition) is 2. The van der Waals surface area contributed by atoms with Crippen LogP contribution in [-0.4, -0.2) is 28.7 Å². The summed E-state index contributed by atoms with van der Waals surface area (Å²) in [4.78, 5) is 0. The van der Waals surface area contributed by atoms with Crippen LogP contribution in [0.25, 0.3) is 0 Å². The topological polar surface area (TPSA) is 40.5 Å². The van der Waals surface area contributed by atoms with E-state index in [1.165, 1.54) is 6.92 Å². The molecule has 0 fully saturated rings. The van der Waals surface area contributed by atoms with Crippen molar-refractivity contribution < 1.29 is 36.6 Å². The van der Waals surface area contributed by atoms with Crippen molar-refractivity contribution in [3.63, 3.8) is 0 Å². The third-order valence-corrected chi connectivity index (χ3v) is 2.63. The zero-order chi connectivity index (χ0) is 15.1.